The predicted molar refractivity (Wildman–Crippen MR) is 218 cm³/mol. The Morgan fingerprint density at radius 3 is 1.67 bits per heavy atom. The van der Waals surface area contributed by atoms with E-state index in [0.717, 1.165) is 42.6 Å². The van der Waals surface area contributed by atoms with Crippen molar-refractivity contribution in [1.82, 2.24) is 9.97 Å². The van der Waals surface area contributed by atoms with E-state index in [0.29, 0.717) is 27.1 Å². The maximum atomic E-state index is 12.4. The first-order valence-corrected chi connectivity index (χ1v) is 18.1. The minimum absolute atomic E-state index is 0.355. The predicted octanol–water partition coefficient (Wildman–Crippen LogP) is 12.1. The van der Waals surface area contributed by atoms with Crippen LogP contribution in [-0.2, 0) is 4.79 Å². The van der Waals surface area contributed by atoms with Gasteiger partial charge in [0.1, 0.15) is 10.0 Å². The van der Waals surface area contributed by atoms with Gasteiger partial charge >= 0.3 is 6.03 Å². The van der Waals surface area contributed by atoms with Crippen LogP contribution in [0.1, 0.15) is 0 Å². The lowest BCUT2D eigenvalue weighted by atomic mass is 10.2. The first kappa shape index (κ1) is 35.9. The average Bonchev–Trinajstić information content (AvgIpc) is 3.80. The van der Waals surface area contributed by atoms with Gasteiger partial charge in [-0.15, -0.1) is 22.7 Å². The number of isocyanates is 1. The van der Waals surface area contributed by atoms with Gasteiger partial charge in [0.2, 0.25) is 6.08 Å². The Balaban J connectivity index is 0.000000151. The van der Waals surface area contributed by atoms with E-state index in [9.17, 15) is 9.59 Å². The minimum atomic E-state index is -0.355. The maximum absolute atomic E-state index is 12.4. The number of hydrogen-bond donors (Lipinski definition) is 3. The second-order valence-electron chi connectivity index (χ2n) is 10.8. The van der Waals surface area contributed by atoms with E-state index in [1.807, 2.05) is 103 Å². The highest BCUT2D eigenvalue weighted by molar-refractivity contribution is 7.22. The molecule has 256 valence electrons. The molecule has 0 unspecified atom stereocenters. The number of urea groups is 1. The van der Waals surface area contributed by atoms with Gasteiger partial charge in [-0.25, -0.2) is 19.6 Å². The fourth-order valence-electron chi connectivity index (χ4n) is 4.88. The standard InChI is InChI=1S/C20H14ClN3OS.C13H10N2S.C7H4ClNO/c21-14-8-2-4-10-16(14)24-20(25)23-15-9-3-1-7-13(15)19-22-17-11-5-6-12-18(17)26-19;14-10-6-2-1-5-9(10)13-15-11-7-3-4-8-12(11)16-13;8-6-3-1-2-4-7(6)9-5-10/h1-12H,(H2,23,24,25);1-8H,14H2;1-4H. The van der Waals surface area contributed by atoms with Crippen molar-refractivity contribution in [1.29, 1.82) is 0 Å². The van der Waals surface area contributed by atoms with Crippen LogP contribution in [0.25, 0.3) is 41.6 Å². The number of carbonyl (C=O) groups excluding carboxylic acids is 2. The zero-order valence-electron chi connectivity index (χ0n) is 27.2. The van der Waals surface area contributed by atoms with Crippen LogP contribution in [0.4, 0.5) is 27.5 Å². The van der Waals surface area contributed by atoms with Gasteiger partial charge in [-0.1, -0.05) is 96.0 Å². The highest BCUT2D eigenvalue weighted by Crippen LogP contribution is 2.35. The number of aliphatic imine (C=N–C) groups is 1. The molecule has 2 amide bonds. The Morgan fingerprint density at radius 1 is 0.596 bits per heavy atom. The molecule has 0 aliphatic heterocycles. The number of nitrogens with two attached hydrogens (primary N) is 1. The highest BCUT2D eigenvalue weighted by atomic mass is 35.5. The van der Waals surface area contributed by atoms with E-state index < -0.39 is 0 Å². The molecule has 6 aromatic carbocycles. The molecule has 0 radical (unpaired) electrons. The number of hydrogen-bond acceptors (Lipinski definition) is 8. The fraction of sp³-hybridized carbons (Fsp3) is 0. The number of amides is 2. The van der Waals surface area contributed by atoms with E-state index >= 15 is 0 Å². The van der Waals surface area contributed by atoms with Crippen molar-refractivity contribution < 1.29 is 9.59 Å². The summed E-state index contributed by atoms with van der Waals surface area (Å²) in [5, 5.41) is 8.45. The molecule has 52 heavy (non-hydrogen) atoms. The molecule has 0 spiro atoms. The number of rotatable bonds is 5. The smallest absolute Gasteiger partial charge is 0.323 e. The van der Waals surface area contributed by atoms with E-state index in [1.54, 1.807) is 59.1 Å². The molecule has 2 heterocycles. The van der Waals surface area contributed by atoms with E-state index in [-0.39, 0.29) is 6.03 Å². The van der Waals surface area contributed by atoms with Gasteiger partial charge in [-0.05, 0) is 72.8 Å². The van der Waals surface area contributed by atoms with Crippen LogP contribution in [0.2, 0.25) is 10.0 Å². The fourth-order valence-corrected chi connectivity index (χ4v) is 7.25. The summed E-state index contributed by atoms with van der Waals surface area (Å²) in [6.45, 7) is 0. The van der Waals surface area contributed by atoms with E-state index in [4.69, 9.17) is 28.9 Å². The molecule has 0 saturated heterocycles. The van der Waals surface area contributed by atoms with Gasteiger partial charge in [-0.3, -0.25) is 0 Å². The largest absolute Gasteiger partial charge is 0.398 e. The third kappa shape index (κ3) is 9.07. The molecule has 0 saturated carbocycles. The monoisotopic (exact) mass is 758 g/mol. The average molecular weight is 760 g/mol. The van der Waals surface area contributed by atoms with Gasteiger partial charge < -0.3 is 16.4 Å². The van der Waals surface area contributed by atoms with Crippen molar-refractivity contribution >= 4 is 101 Å². The molecule has 0 aliphatic rings. The number of aromatic nitrogens is 2. The van der Waals surface area contributed by atoms with Crippen LogP contribution >= 0.6 is 45.9 Å². The number of fused-ring (bicyclic) bond motifs is 2. The quantitative estimate of drug-likeness (QED) is 0.0916. The lowest BCUT2D eigenvalue weighted by Crippen LogP contribution is -2.20. The first-order valence-electron chi connectivity index (χ1n) is 15.7. The highest BCUT2D eigenvalue weighted by Gasteiger charge is 2.13. The lowest BCUT2D eigenvalue weighted by molar-refractivity contribution is 0.262. The molecule has 8 rings (SSSR count). The Bertz CT molecular complexity index is 2460. The number of nitrogen functional groups attached to an aromatic ring is 1. The normalized spacial score (nSPS) is 10.3. The summed E-state index contributed by atoms with van der Waals surface area (Å²) in [7, 11) is 0. The topological polar surface area (TPSA) is 122 Å². The summed E-state index contributed by atoms with van der Waals surface area (Å²) in [4.78, 5) is 34.8. The number of para-hydroxylation sites is 6. The number of carbonyl (C=O) groups is 1. The zero-order chi connectivity index (χ0) is 36.3. The van der Waals surface area contributed by atoms with Crippen LogP contribution in [-0.4, -0.2) is 22.1 Å². The SMILES string of the molecule is Nc1ccccc1-c1nc2ccccc2s1.O=C(Nc1ccccc1Cl)Nc1ccccc1-c1nc2ccccc2s1.O=C=Nc1ccccc1Cl. The molecule has 2 aromatic heterocycles. The Kier molecular flexibility index (Phi) is 12.0. The van der Waals surface area contributed by atoms with Crippen LogP contribution in [0.3, 0.4) is 0 Å². The van der Waals surface area contributed by atoms with Gasteiger partial charge in [0.15, 0.2) is 0 Å². The second kappa shape index (κ2) is 17.4. The lowest BCUT2D eigenvalue weighted by Gasteiger charge is -2.11. The summed E-state index contributed by atoms with van der Waals surface area (Å²) in [5.74, 6) is 0. The number of nitrogens with zero attached hydrogens (tertiary/aromatic N) is 3. The molecule has 8 nitrogen and oxygen atoms in total. The van der Waals surface area contributed by atoms with Crippen molar-refractivity contribution in [3.05, 3.63) is 156 Å². The van der Waals surface area contributed by atoms with Crippen molar-refractivity contribution in [2.45, 2.75) is 0 Å². The molecular formula is C40H28Cl2N6O2S2. The molecule has 0 atom stereocenters. The van der Waals surface area contributed by atoms with Crippen LogP contribution < -0.4 is 16.4 Å². The number of nitrogens with one attached hydrogen (secondary N) is 2. The molecular weight excluding hydrogens is 732 g/mol. The van der Waals surface area contributed by atoms with Crippen molar-refractivity contribution in [3.63, 3.8) is 0 Å². The number of halogens is 2. The van der Waals surface area contributed by atoms with Crippen molar-refractivity contribution in [3.8, 4) is 21.1 Å². The molecule has 0 fully saturated rings. The third-order valence-corrected chi connectivity index (χ3v) is 10.1. The van der Waals surface area contributed by atoms with Gasteiger partial charge in [0.25, 0.3) is 0 Å². The number of anilines is 3. The zero-order valence-corrected chi connectivity index (χ0v) is 30.3. The molecule has 4 N–H and O–H groups in total. The second-order valence-corrected chi connectivity index (χ2v) is 13.7. The molecule has 12 heteroatoms. The van der Waals surface area contributed by atoms with Crippen LogP contribution in [0.15, 0.2) is 151 Å². The van der Waals surface area contributed by atoms with Crippen LogP contribution in [0.5, 0.6) is 0 Å². The number of benzene rings is 6. The summed E-state index contributed by atoms with van der Waals surface area (Å²) < 4.78 is 2.30. The summed E-state index contributed by atoms with van der Waals surface area (Å²) >= 11 is 15.0. The summed E-state index contributed by atoms with van der Waals surface area (Å²) in [6, 6.07) is 45.1. The minimum Gasteiger partial charge on any atom is -0.398 e. The van der Waals surface area contributed by atoms with Gasteiger partial charge in [-0.2, -0.15) is 4.99 Å². The van der Waals surface area contributed by atoms with E-state index in [1.165, 1.54) is 10.8 Å². The Labute approximate surface area is 317 Å². The molecule has 0 bridgehead atoms. The third-order valence-electron chi connectivity index (χ3n) is 7.33. The molecule has 0 aliphatic carbocycles. The maximum Gasteiger partial charge on any atom is 0.323 e. The summed E-state index contributed by atoms with van der Waals surface area (Å²) in [5.41, 5.74) is 12.3. The van der Waals surface area contributed by atoms with Crippen molar-refractivity contribution in [2.75, 3.05) is 16.4 Å². The van der Waals surface area contributed by atoms with Gasteiger partial charge in [0.05, 0.1) is 47.5 Å². The number of thiazole rings is 2. The molecule has 8 aromatic rings. The van der Waals surface area contributed by atoms with Crippen molar-refractivity contribution in [2.24, 2.45) is 4.99 Å². The van der Waals surface area contributed by atoms with Crippen LogP contribution in [0, 0.1) is 0 Å². The summed E-state index contributed by atoms with van der Waals surface area (Å²) in [6.07, 6.45) is 1.42. The Morgan fingerprint density at radius 2 is 1.08 bits per heavy atom. The van der Waals surface area contributed by atoms with Gasteiger partial charge in [0, 0.05) is 16.8 Å². The Hall–Kier alpha value is -5.87. The first-order chi connectivity index (χ1) is 25.4. The van der Waals surface area contributed by atoms with E-state index in [2.05, 4.69) is 31.7 Å².